The van der Waals surface area contributed by atoms with Crippen molar-refractivity contribution >= 4 is 23.6 Å². The van der Waals surface area contributed by atoms with Gasteiger partial charge >= 0.3 is 6.03 Å². The average molecular weight is 242 g/mol. The number of carbonyl (C=O) groups is 1. The van der Waals surface area contributed by atoms with Gasteiger partial charge in [0.2, 0.25) is 0 Å². The molecule has 0 saturated carbocycles. The van der Waals surface area contributed by atoms with Crippen molar-refractivity contribution in [3.63, 3.8) is 0 Å². The number of nitrogens with zero attached hydrogens (tertiary/aromatic N) is 2. The molecule has 0 fully saturated rings. The highest BCUT2D eigenvalue weighted by Gasteiger charge is 2.12. The average Bonchev–Trinajstić information content (AvgIpc) is 2.29. The van der Waals surface area contributed by atoms with Crippen molar-refractivity contribution < 1.29 is 4.79 Å². The first-order chi connectivity index (χ1) is 7.63. The SMILES string of the molecule is CN=C(N)NC(=O)NC(Cl)c1ccccn1. The molecule has 1 rings (SSSR count). The number of alkyl halides is 1. The third kappa shape index (κ3) is 3.74. The summed E-state index contributed by atoms with van der Waals surface area (Å²) in [5, 5.41) is 4.75. The maximum Gasteiger partial charge on any atom is 0.323 e. The molecule has 6 nitrogen and oxygen atoms in total. The Morgan fingerprint density at radius 1 is 1.62 bits per heavy atom. The number of carbonyl (C=O) groups excluding carboxylic acids is 1. The van der Waals surface area contributed by atoms with Crippen LogP contribution in [0.3, 0.4) is 0 Å². The van der Waals surface area contributed by atoms with Gasteiger partial charge in [-0.2, -0.15) is 0 Å². The van der Waals surface area contributed by atoms with Crippen molar-refractivity contribution in [2.24, 2.45) is 10.7 Å². The Bertz CT molecular complexity index is 381. The van der Waals surface area contributed by atoms with E-state index in [0.717, 1.165) is 0 Å². The maximum absolute atomic E-state index is 11.3. The van der Waals surface area contributed by atoms with Gasteiger partial charge in [0.1, 0.15) is 5.50 Å². The molecule has 1 atom stereocenters. The van der Waals surface area contributed by atoms with Gasteiger partial charge in [0, 0.05) is 13.2 Å². The largest absolute Gasteiger partial charge is 0.370 e. The zero-order chi connectivity index (χ0) is 12.0. The minimum atomic E-state index is -0.717. The van der Waals surface area contributed by atoms with Crippen LogP contribution in [0.15, 0.2) is 29.4 Å². The number of hydrogen-bond donors (Lipinski definition) is 3. The summed E-state index contributed by atoms with van der Waals surface area (Å²) in [4.78, 5) is 18.9. The number of urea groups is 1. The lowest BCUT2D eigenvalue weighted by Gasteiger charge is -2.11. The molecule has 1 aromatic rings. The molecule has 0 bridgehead atoms. The van der Waals surface area contributed by atoms with Crippen molar-refractivity contribution in [1.82, 2.24) is 15.6 Å². The van der Waals surface area contributed by atoms with E-state index in [4.69, 9.17) is 17.3 Å². The molecule has 16 heavy (non-hydrogen) atoms. The summed E-state index contributed by atoms with van der Waals surface area (Å²) in [6.45, 7) is 0. The molecule has 0 spiro atoms. The number of guanidine groups is 1. The Labute approximate surface area is 97.9 Å². The molecule has 0 saturated heterocycles. The van der Waals surface area contributed by atoms with Crippen molar-refractivity contribution in [2.45, 2.75) is 5.50 Å². The molecule has 0 aromatic carbocycles. The number of hydrogen-bond acceptors (Lipinski definition) is 3. The van der Waals surface area contributed by atoms with E-state index in [0.29, 0.717) is 5.69 Å². The van der Waals surface area contributed by atoms with Gasteiger partial charge in [-0.25, -0.2) is 4.79 Å². The summed E-state index contributed by atoms with van der Waals surface area (Å²) in [5.74, 6) is 0.0161. The third-order valence-electron chi connectivity index (χ3n) is 1.69. The number of halogens is 1. The minimum absolute atomic E-state index is 0.0161. The monoisotopic (exact) mass is 241 g/mol. The molecule has 0 aliphatic heterocycles. The van der Waals surface area contributed by atoms with Gasteiger partial charge in [-0.3, -0.25) is 15.3 Å². The van der Waals surface area contributed by atoms with Gasteiger partial charge in [0.05, 0.1) is 5.69 Å². The van der Waals surface area contributed by atoms with Crippen LogP contribution >= 0.6 is 11.6 Å². The summed E-state index contributed by atoms with van der Waals surface area (Å²) in [6.07, 6.45) is 1.59. The summed E-state index contributed by atoms with van der Waals surface area (Å²) < 4.78 is 0. The van der Waals surface area contributed by atoms with Crippen LogP contribution in [0.4, 0.5) is 4.79 Å². The fourth-order valence-electron chi connectivity index (χ4n) is 0.923. The van der Waals surface area contributed by atoms with E-state index in [2.05, 4.69) is 20.6 Å². The molecular weight excluding hydrogens is 230 g/mol. The third-order valence-corrected chi connectivity index (χ3v) is 2.02. The molecule has 1 aromatic heterocycles. The smallest absolute Gasteiger partial charge is 0.323 e. The lowest BCUT2D eigenvalue weighted by molar-refractivity contribution is 0.244. The normalized spacial score (nSPS) is 13.0. The van der Waals surface area contributed by atoms with Crippen molar-refractivity contribution in [3.05, 3.63) is 30.1 Å². The molecule has 0 aliphatic rings. The Hall–Kier alpha value is -1.82. The molecule has 7 heteroatoms. The van der Waals surface area contributed by atoms with Gasteiger partial charge in [-0.1, -0.05) is 17.7 Å². The van der Waals surface area contributed by atoms with Crippen LogP contribution in [0.2, 0.25) is 0 Å². The second-order valence-corrected chi connectivity index (χ2v) is 3.26. The highest BCUT2D eigenvalue weighted by Crippen LogP contribution is 2.13. The van der Waals surface area contributed by atoms with E-state index in [-0.39, 0.29) is 5.96 Å². The van der Waals surface area contributed by atoms with Crippen LogP contribution in [0.1, 0.15) is 11.2 Å². The zero-order valence-corrected chi connectivity index (χ0v) is 9.40. The second-order valence-electron chi connectivity index (χ2n) is 2.82. The van der Waals surface area contributed by atoms with Crippen LogP contribution in [0.5, 0.6) is 0 Å². The second kappa shape index (κ2) is 5.92. The van der Waals surface area contributed by atoms with Crippen molar-refractivity contribution in [3.8, 4) is 0 Å². The standard InChI is InChI=1S/C9H12ClN5O/c1-12-8(11)15-9(16)14-7(10)6-4-2-3-5-13-6/h2-5,7H,1H3,(H4,11,12,14,15,16). The van der Waals surface area contributed by atoms with Crippen molar-refractivity contribution in [2.75, 3.05) is 7.05 Å². The van der Waals surface area contributed by atoms with E-state index >= 15 is 0 Å². The van der Waals surface area contributed by atoms with E-state index in [1.807, 2.05) is 0 Å². The van der Waals surface area contributed by atoms with Gasteiger partial charge in [-0.15, -0.1) is 0 Å². The number of nitrogens with one attached hydrogen (secondary N) is 2. The van der Waals surface area contributed by atoms with E-state index in [1.54, 1.807) is 24.4 Å². The van der Waals surface area contributed by atoms with Gasteiger partial charge in [0.15, 0.2) is 5.96 Å². The lowest BCUT2D eigenvalue weighted by Crippen LogP contribution is -2.43. The zero-order valence-electron chi connectivity index (χ0n) is 8.64. The fraction of sp³-hybridized carbons (Fsp3) is 0.222. The summed E-state index contributed by atoms with van der Waals surface area (Å²) in [7, 11) is 1.46. The molecule has 86 valence electrons. The highest BCUT2D eigenvalue weighted by atomic mass is 35.5. The van der Waals surface area contributed by atoms with Crippen LogP contribution in [0, 0.1) is 0 Å². The molecule has 4 N–H and O–H groups in total. The molecular formula is C9H12ClN5O. The van der Waals surface area contributed by atoms with E-state index in [1.165, 1.54) is 7.05 Å². The first-order valence-corrected chi connectivity index (χ1v) is 4.92. The molecule has 0 aliphatic carbocycles. The number of nitrogens with two attached hydrogens (primary N) is 1. The van der Waals surface area contributed by atoms with Gasteiger partial charge in [0.25, 0.3) is 0 Å². The number of rotatable bonds is 2. The fourth-order valence-corrected chi connectivity index (χ4v) is 1.15. The first-order valence-electron chi connectivity index (χ1n) is 4.48. The molecule has 2 amide bonds. The molecule has 1 heterocycles. The van der Waals surface area contributed by atoms with Gasteiger partial charge < -0.3 is 11.1 Å². The lowest BCUT2D eigenvalue weighted by atomic mass is 10.3. The summed E-state index contributed by atoms with van der Waals surface area (Å²) in [6, 6.07) is 4.71. The summed E-state index contributed by atoms with van der Waals surface area (Å²) in [5.41, 5.74) is 5.14. The van der Waals surface area contributed by atoms with Crippen LogP contribution in [-0.2, 0) is 0 Å². The quantitative estimate of drug-likeness (QED) is 0.306. The Balaban J connectivity index is 2.52. The minimum Gasteiger partial charge on any atom is -0.370 e. The molecule has 0 radical (unpaired) electrons. The van der Waals surface area contributed by atoms with Crippen LogP contribution < -0.4 is 16.4 Å². The first kappa shape index (κ1) is 12.3. The number of amides is 2. The van der Waals surface area contributed by atoms with Gasteiger partial charge in [-0.05, 0) is 12.1 Å². The number of pyridine rings is 1. The number of aromatic nitrogens is 1. The van der Waals surface area contributed by atoms with E-state index < -0.39 is 11.5 Å². The predicted octanol–water partition coefficient (Wildman–Crippen LogP) is 0.563. The predicted molar refractivity (Wildman–Crippen MR) is 62.0 cm³/mol. The van der Waals surface area contributed by atoms with E-state index in [9.17, 15) is 4.79 Å². The van der Waals surface area contributed by atoms with Crippen LogP contribution in [0.25, 0.3) is 0 Å². The Morgan fingerprint density at radius 2 is 2.38 bits per heavy atom. The molecule has 1 unspecified atom stereocenters. The number of aliphatic imine (C=N–C) groups is 1. The topological polar surface area (TPSA) is 92.4 Å². The Kier molecular flexibility index (Phi) is 4.53. The van der Waals surface area contributed by atoms with Crippen LogP contribution in [-0.4, -0.2) is 24.0 Å². The Morgan fingerprint density at radius 3 is 2.94 bits per heavy atom. The van der Waals surface area contributed by atoms with Crippen molar-refractivity contribution in [1.29, 1.82) is 0 Å². The summed E-state index contributed by atoms with van der Waals surface area (Å²) >= 11 is 5.91. The maximum atomic E-state index is 11.3. The highest BCUT2D eigenvalue weighted by molar-refractivity contribution is 6.21.